The Morgan fingerprint density at radius 2 is 2.05 bits per heavy atom. The quantitative estimate of drug-likeness (QED) is 0.941. The van der Waals surface area contributed by atoms with Crippen LogP contribution in [0, 0.1) is 0 Å². The van der Waals surface area contributed by atoms with E-state index in [0.717, 1.165) is 5.39 Å². The fraction of sp³-hybridized carbons (Fsp3) is 0.267. The van der Waals surface area contributed by atoms with E-state index in [0.29, 0.717) is 17.1 Å². The van der Waals surface area contributed by atoms with Gasteiger partial charge in [0, 0.05) is 32.4 Å². The predicted molar refractivity (Wildman–Crippen MR) is 82.4 cm³/mol. The number of fused-ring (bicyclic) bond motifs is 1. The van der Waals surface area contributed by atoms with Crippen molar-refractivity contribution in [2.24, 2.45) is 0 Å². The normalized spacial score (nSPS) is 10.4. The largest absolute Gasteiger partial charge is 0.359 e. The molecule has 0 atom stereocenters. The first-order valence-corrected chi connectivity index (χ1v) is 6.92. The highest BCUT2D eigenvalue weighted by molar-refractivity contribution is 6.35. The van der Waals surface area contributed by atoms with Gasteiger partial charge in [0.1, 0.15) is 5.69 Å². The van der Waals surface area contributed by atoms with Gasteiger partial charge in [-0.25, -0.2) is 4.98 Å². The molecule has 0 aliphatic carbocycles. The van der Waals surface area contributed by atoms with Gasteiger partial charge in [-0.15, -0.1) is 0 Å². The Hall–Kier alpha value is -2.14. The summed E-state index contributed by atoms with van der Waals surface area (Å²) < 4.78 is 0. The molecule has 0 radical (unpaired) electrons. The molecule has 5 nitrogen and oxygen atoms in total. The average Bonchev–Trinajstić information content (AvgIpc) is 2.51. The van der Waals surface area contributed by atoms with Gasteiger partial charge in [0.15, 0.2) is 0 Å². The number of hydrogen-bond donors (Lipinski definition) is 1. The summed E-state index contributed by atoms with van der Waals surface area (Å²) >= 11 is 6.19. The number of pyridine rings is 1. The van der Waals surface area contributed by atoms with Crippen LogP contribution in [-0.4, -0.2) is 42.3 Å². The van der Waals surface area contributed by atoms with Gasteiger partial charge in [-0.1, -0.05) is 29.8 Å². The Morgan fingerprint density at radius 1 is 1.33 bits per heavy atom. The van der Waals surface area contributed by atoms with Crippen LogP contribution in [0.1, 0.15) is 16.9 Å². The molecule has 0 spiro atoms. The number of aromatic nitrogens is 1. The number of carbonyl (C=O) groups is 2. The number of nitrogens with zero attached hydrogens (tertiary/aromatic N) is 2. The van der Waals surface area contributed by atoms with Crippen molar-refractivity contribution in [1.29, 1.82) is 0 Å². The van der Waals surface area contributed by atoms with Crippen molar-refractivity contribution in [2.45, 2.75) is 6.42 Å². The van der Waals surface area contributed by atoms with E-state index in [-0.39, 0.29) is 23.9 Å². The zero-order chi connectivity index (χ0) is 15.4. The molecule has 0 aliphatic heterocycles. The lowest BCUT2D eigenvalue weighted by molar-refractivity contribution is -0.120. The van der Waals surface area contributed by atoms with Gasteiger partial charge in [0.05, 0.1) is 10.5 Å². The molecule has 0 fully saturated rings. The van der Waals surface area contributed by atoms with Gasteiger partial charge < -0.3 is 10.2 Å². The van der Waals surface area contributed by atoms with Gasteiger partial charge in [0.25, 0.3) is 5.91 Å². The standard InChI is InChI=1S/C15H16ClN3O2/c1-17-14(20)7-8-19(2)15(21)13-9-11(16)10-5-3-4-6-12(10)18-13/h3-6,9H,7-8H2,1-2H3,(H,17,20). The van der Waals surface area contributed by atoms with Crippen molar-refractivity contribution in [3.05, 3.63) is 41.0 Å². The van der Waals surface area contributed by atoms with E-state index in [1.807, 2.05) is 24.3 Å². The van der Waals surface area contributed by atoms with Crippen molar-refractivity contribution < 1.29 is 9.59 Å². The number of halogens is 1. The van der Waals surface area contributed by atoms with Crippen molar-refractivity contribution >= 4 is 34.3 Å². The Morgan fingerprint density at radius 3 is 2.76 bits per heavy atom. The summed E-state index contributed by atoms with van der Waals surface area (Å²) in [6, 6.07) is 8.93. The first-order valence-electron chi connectivity index (χ1n) is 6.54. The van der Waals surface area contributed by atoms with Crippen LogP contribution in [-0.2, 0) is 4.79 Å². The molecular formula is C15H16ClN3O2. The SMILES string of the molecule is CNC(=O)CCN(C)C(=O)c1cc(Cl)c2ccccc2n1. The summed E-state index contributed by atoms with van der Waals surface area (Å²) in [4.78, 5) is 29.3. The predicted octanol–water partition coefficient (Wildman–Crippen LogP) is 2.10. The number of hydrogen-bond acceptors (Lipinski definition) is 3. The molecule has 0 bridgehead atoms. The second-order valence-corrected chi connectivity index (χ2v) is 5.06. The molecule has 6 heteroatoms. The first-order chi connectivity index (χ1) is 10.0. The zero-order valence-electron chi connectivity index (χ0n) is 11.9. The number of para-hydroxylation sites is 1. The lowest BCUT2D eigenvalue weighted by Crippen LogP contribution is -2.31. The molecule has 2 amide bonds. The fourth-order valence-corrected chi connectivity index (χ4v) is 2.20. The third-order valence-corrected chi connectivity index (χ3v) is 3.50. The zero-order valence-corrected chi connectivity index (χ0v) is 12.6. The molecular weight excluding hydrogens is 290 g/mol. The molecule has 0 saturated carbocycles. The highest BCUT2D eigenvalue weighted by Gasteiger charge is 2.16. The summed E-state index contributed by atoms with van der Waals surface area (Å²) in [5, 5.41) is 3.82. The van der Waals surface area contributed by atoms with Gasteiger partial charge >= 0.3 is 0 Å². The molecule has 2 aromatic rings. The first kappa shape index (κ1) is 15.3. The summed E-state index contributed by atoms with van der Waals surface area (Å²) in [7, 11) is 3.20. The molecule has 1 aromatic heterocycles. The van der Waals surface area contributed by atoms with Crippen LogP contribution in [0.25, 0.3) is 10.9 Å². The Balaban J connectivity index is 2.21. The topological polar surface area (TPSA) is 62.3 Å². The van der Waals surface area contributed by atoms with Crippen molar-refractivity contribution in [3.63, 3.8) is 0 Å². The molecule has 2 rings (SSSR count). The van der Waals surface area contributed by atoms with E-state index >= 15 is 0 Å². The van der Waals surface area contributed by atoms with E-state index in [1.165, 1.54) is 4.90 Å². The second-order valence-electron chi connectivity index (χ2n) is 4.66. The average molecular weight is 306 g/mol. The molecule has 21 heavy (non-hydrogen) atoms. The third-order valence-electron chi connectivity index (χ3n) is 3.18. The van der Waals surface area contributed by atoms with Crippen LogP contribution in [0.2, 0.25) is 5.02 Å². The van der Waals surface area contributed by atoms with Gasteiger partial charge in [-0.2, -0.15) is 0 Å². The van der Waals surface area contributed by atoms with Crippen molar-refractivity contribution in [2.75, 3.05) is 20.6 Å². The number of carbonyl (C=O) groups excluding carboxylic acids is 2. The van der Waals surface area contributed by atoms with Crippen molar-refractivity contribution in [1.82, 2.24) is 15.2 Å². The molecule has 110 valence electrons. The van der Waals surface area contributed by atoms with Crippen LogP contribution in [0.5, 0.6) is 0 Å². The van der Waals surface area contributed by atoms with Gasteiger partial charge in [-0.3, -0.25) is 9.59 Å². The van der Waals surface area contributed by atoms with Gasteiger partial charge in [-0.05, 0) is 12.1 Å². The number of amides is 2. The lowest BCUT2D eigenvalue weighted by atomic mass is 10.2. The highest BCUT2D eigenvalue weighted by atomic mass is 35.5. The minimum Gasteiger partial charge on any atom is -0.359 e. The smallest absolute Gasteiger partial charge is 0.272 e. The summed E-state index contributed by atoms with van der Waals surface area (Å²) in [5.74, 6) is -0.370. The molecule has 0 aliphatic rings. The maximum atomic E-state index is 12.3. The highest BCUT2D eigenvalue weighted by Crippen LogP contribution is 2.23. The van der Waals surface area contributed by atoms with E-state index in [1.54, 1.807) is 20.2 Å². The minimum atomic E-state index is -0.258. The van der Waals surface area contributed by atoms with E-state index in [4.69, 9.17) is 11.6 Å². The Bertz CT molecular complexity index is 688. The Kier molecular flexibility index (Phi) is 4.75. The number of benzene rings is 1. The van der Waals surface area contributed by atoms with Crippen molar-refractivity contribution in [3.8, 4) is 0 Å². The Labute approximate surface area is 127 Å². The maximum Gasteiger partial charge on any atom is 0.272 e. The molecule has 0 saturated heterocycles. The fourth-order valence-electron chi connectivity index (χ4n) is 1.93. The van der Waals surface area contributed by atoms with E-state index in [9.17, 15) is 9.59 Å². The minimum absolute atomic E-state index is 0.112. The second kappa shape index (κ2) is 6.54. The monoisotopic (exact) mass is 305 g/mol. The van der Waals surface area contributed by atoms with Crippen LogP contribution in [0.4, 0.5) is 0 Å². The molecule has 1 heterocycles. The number of rotatable bonds is 4. The summed E-state index contributed by atoms with van der Waals surface area (Å²) in [6.07, 6.45) is 0.250. The summed E-state index contributed by atoms with van der Waals surface area (Å²) in [6.45, 7) is 0.324. The van der Waals surface area contributed by atoms with Crippen LogP contribution in [0.3, 0.4) is 0 Å². The van der Waals surface area contributed by atoms with Gasteiger partial charge in [0.2, 0.25) is 5.91 Å². The molecule has 0 unspecified atom stereocenters. The van der Waals surface area contributed by atoms with E-state index < -0.39 is 0 Å². The van der Waals surface area contributed by atoms with Crippen LogP contribution >= 0.6 is 11.6 Å². The third kappa shape index (κ3) is 3.49. The maximum absolute atomic E-state index is 12.3. The van der Waals surface area contributed by atoms with Crippen LogP contribution in [0.15, 0.2) is 30.3 Å². The lowest BCUT2D eigenvalue weighted by Gasteiger charge is -2.16. The van der Waals surface area contributed by atoms with Crippen LogP contribution < -0.4 is 5.32 Å². The summed E-state index contributed by atoms with van der Waals surface area (Å²) in [5.41, 5.74) is 0.950. The molecule has 1 N–H and O–H groups in total. The number of nitrogens with one attached hydrogen (secondary N) is 1. The molecule has 1 aromatic carbocycles. The van der Waals surface area contributed by atoms with E-state index in [2.05, 4.69) is 10.3 Å².